The van der Waals surface area contributed by atoms with Crippen molar-refractivity contribution in [2.24, 2.45) is 0 Å². The topological polar surface area (TPSA) is 45.5 Å². The Bertz CT molecular complexity index is 923. The van der Waals surface area contributed by atoms with Gasteiger partial charge in [0.1, 0.15) is 5.75 Å². The molecule has 2 aromatic carbocycles. The zero-order valence-electron chi connectivity index (χ0n) is 17.3. The van der Waals surface area contributed by atoms with Crippen molar-refractivity contribution < 1.29 is 14.2 Å². The molecular weight excluding hydrogens is 455 g/mol. The number of halogens is 2. The van der Waals surface area contributed by atoms with Crippen LogP contribution >= 0.6 is 35.8 Å². The van der Waals surface area contributed by atoms with Gasteiger partial charge in [-0.15, -0.1) is 24.2 Å². The molecule has 2 unspecified atom stereocenters. The van der Waals surface area contributed by atoms with E-state index in [9.17, 15) is 0 Å². The number of imidazole rings is 1. The van der Waals surface area contributed by atoms with E-state index in [2.05, 4.69) is 29.2 Å². The highest BCUT2D eigenvalue weighted by Crippen LogP contribution is 2.33. The third-order valence-electron chi connectivity index (χ3n) is 5.10. The molecule has 4 rings (SSSR count). The molecule has 1 aliphatic heterocycles. The molecule has 0 amide bonds. The predicted octanol–water partition coefficient (Wildman–Crippen LogP) is 5.50. The maximum Gasteiger partial charge on any atom is 0.187 e. The van der Waals surface area contributed by atoms with E-state index >= 15 is 0 Å². The van der Waals surface area contributed by atoms with E-state index in [-0.39, 0.29) is 18.5 Å². The molecule has 1 aromatic heterocycles. The van der Waals surface area contributed by atoms with E-state index in [1.54, 1.807) is 31.4 Å². The second-order valence-corrected chi connectivity index (χ2v) is 8.84. The van der Waals surface area contributed by atoms with E-state index in [1.165, 1.54) is 10.5 Å². The maximum absolute atomic E-state index is 6.49. The first kappa shape index (κ1) is 24.0. The molecule has 166 valence electrons. The third kappa shape index (κ3) is 6.64. The van der Waals surface area contributed by atoms with Crippen molar-refractivity contribution in [3.63, 3.8) is 0 Å². The minimum atomic E-state index is -0.661. The number of hydrogen-bond acceptors (Lipinski definition) is 5. The Kier molecular flexibility index (Phi) is 8.69. The van der Waals surface area contributed by atoms with Crippen LogP contribution in [0.1, 0.15) is 12.0 Å². The van der Waals surface area contributed by atoms with Crippen LogP contribution in [0.15, 0.2) is 72.1 Å². The number of nitrogens with zero attached hydrogens (tertiary/aromatic N) is 2. The molecule has 1 saturated heterocycles. The van der Waals surface area contributed by atoms with Crippen LogP contribution in [0.5, 0.6) is 5.75 Å². The molecule has 1 fully saturated rings. The van der Waals surface area contributed by atoms with Gasteiger partial charge in [-0.2, -0.15) is 0 Å². The summed E-state index contributed by atoms with van der Waals surface area (Å²) in [5, 5.41) is 0.746. The van der Waals surface area contributed by atoms with Crippen LogP contribution < -0.4 is 4.74 Å². The van der Waals surface area contributed by atoms with Gasteiger partial charge in [0, 0.05) is 34.5 Å². The van der Waals surface area contributed by atoms with Gasteiger partial charge in [-0.1, -0.05) is 23.7 Å². The highest BCUT2D eigenvalue weighted by Gasteiger charge is 2.41. The van der Waals surface area contributed by atoms with Gasteiger partial charge in [0.15, 0.2) is 5.79 Å². The molecule has 2 atom stereocenters. The SMILES string of the molecule is COc1ccc(SCC2COC(CCc3ccc(Cl)cc3)(Cn3ccnc3)O2)cc1.Cl. The van der Waals surface area contributed by atoms with Gasteiger partial charge in [-0.25, -0.2) is 4.98 Å². The fraction of sp³-hybridized carbons (Fsp3) is 0.348. The monoisotopic (exact) mass is 480 g/mol. The fourth-order valence-electron chi connectivity index (χ4n) is 3.50. The van der Waals surface area contributed by atoms with Gasteiger partial charge in [0.25, 0.3) is 0 Å². The Morgan fingerprint density at radius 1 is 1.19 bits per heavy atom. The minimum absolute atomic E-state index is 0. The van der Waals surface area contributed by atoms with Crippen molar-refractivity contribution in [2.75, 3.05) is 19.5 Å². The Hall–Kier alpha value is -1.70. The largest absolute Gasteiger partial charge is 0.497 e. The third-order valence-corrected chi connectivity index (χ3v) is 6.50. The van der Waals surface area contributed by atoms with E-state index < -0.39 is 5.79 Å². The highest BCUT2D eigenvalue weighted by atomic mass is 35.5. The lowest BCUT2D eigenvalue weighted by molar-refractivity contribution is -0.180. The minimum Gasteiger partial charge on any atom is -0.497 e. The Labute approximate surface area is 198 Å². The van der Waals surface area contributed by atoms with Gasteiger partial charge in [-0.3, -0.25) is 0 Å². The van der Waals surface area contributed by atoms with Gasteiger partial charge in [-0.05, 0) is 48.4 Å². The standard InChI is InChI=1S/C23H25ClN2O3S.ClH/c1-27-20-6-8-22(9-7-20)30-15-21-14-28-23(29-21,16-26-13-12-25-17-26)11-10-18-2-4-19(24)5-3-18;/h2-9,12-13,17,21H,10-11,14-16H2,1H3;1H. The van der Waals surface area contributed by atoms with Crippen LogP contribution in [0.25, 0.3) is 0 Å². The molecule has 31 heavy (non-hydrogen) atoms. The number of benzene rings is 2. The van der Waals surface area contributed by atoms with Gasteiger partial charge in [0.05, 0.1) is 32.7 Å². The first-order valence-electron chi connectivity index (χ1n) is 9.93. The van der Waals surface area contributed by atoms with Crippen LogP contribution in [0.2, 0.25) is 5.02 Å². The first-order chi connectivity index (χ1) is 14.6. The van der Waals surface area contributed by atoms with Crippen molar-refractivity contribution in [3.8, 4) is 5.75 Å². The normalized spacial score (nSPS) is 20.4. The summed E-state index contributed by atoms with van der Waals surface area (Å²) in [6.45, 7) is 1.20. The molecule has 5 nitrogen and oxygen atoms in total. The van der Waals surface area contributed by atoms with Crippen LogP contribution in [0.4, 0.5) is 0 Å². The number of aryl methyl sites for hydroxylation is 1. The second kappa shape index (κ2) is 11.2. The summed E-state index contributed by atoms with van der Waals surface area (Å²) in [4.78, 5) is 5.34. The molecular formula is C23H26Cl2N2O3S. The summed E-state index contributed by atoms with van der Waals surface area (Å²) in [5.41, 5.74) is 1.22. The number of hydrogen-bond donors (Lipinski definition) is 0. The van der Waals surface area contributed by atoms with Crippen LogP contribution in [-0.2, 0) is 22.4 Å². The molecule has 8 heteroatoms. The van der Waals surface area contributed by atoms with Crippen LogP contribution in [0, 0.1) is 0 Å². The number of methoxy groups -OCH3 is 1. The number of rotatable bonds is 9. The average molecular weight is 481 g/mol. The molecule has 0 radical (unpaired) electrons. The van der Waals surface area contributed by atoms with Crippen LogP contribution in [0.3, 0.4) is 0 Å². The van der Waals surface area contributed by atoms with Crippen LogP contribution in [-0.4, -0.2) is 40.9 Å². The summed E-state index contributed by atoms with van der Waals surface area (Å²) in [7, 11) is 1.68. The fourth-order valence-corrected chi connectivity index (χ4v) is 4.49. The van der Waals surface area contributed by atoms with E-state index in [1.807, 2.05) is 35.0 Å². The smallest absolute Gasteiger partial charge is 0.187 e. The first-order valence-corrected chi connectivity index (χ1v) is 11.3. The van der Waals surface area contributed by atoms with Crippen molar-refractivity contribution in [2.45, 2.75) is 36.2 Å². The van der Waals surface area contributed by atoms with Crippen molar-refractivity contribution in [1.29, 1.82) is 0 Å². The number of thioether (sulfide) groups is 1. The lowest BCUT2D eigenvalue weighted by Gasteiger charge is -2.28. The van der Waals surface area contributed by atoms with Crippen molar-refractivity contribution in [1.82, 2.24) is 9.55 Å². The molecule has 0 N–H and O–H groups in total. The molecule has 2 heterocycles. The van der Waals surface area contributed by atoms with Crippen molar-refractivity contribution in [3.05, 3.63) is 77.8 Å². The quantitative estimate of drug-likeness (QED) is 0.378. The Morgan fingerprint density at radius 2 is 1.97 bits per heavy atom. The maximum atomic E-state index is 6.49. The zero-order valence-corrected chi connectivity index (χ0v) is 19.7. The highest BCUT2D eigenvalue weighted by molar-refractivity contribution is 7.99. The summed E-state index contributed by atoms with van der Waals surface area (Å²) >= 11 is 7.78. The Morgan fingerprint density at radius 3 is 2.65 bits per heavy atom. The van der Waals surface area contributed by atoms with Gasteiger partial charge < -0.3 is 18.8 Å². The summed E-state index contributed by atoms with van der Waals surface area (Å²) in [5.74, 6) is 1.03. The number of ether oxygens (including phenoxy) is 3. The molecule has 0 saturated carbocycles. The molecule has 1 aliphatic rings. The predicted molar refractivity (Wildman–Crippen MR) is 127 cm³/mol. The second-order valence-electron chi connectivity index (χ2n) is 7.31. The molecule has 0 bridgehead atoms. The van der Waals surface area contributed by atoms with Gasteiger partial charge >= 0.3 is 0 Å². The Balaban J connectivity index is 0.00000272. The molecule has 0 spiro atoms. The number of aromatic nitrogens is 2. The van der Waals surface area contributed by atoms with Gasteiger partial charge in [0.2, 0.25) is 0 Å². The van der Waals surface area contributed by atoms with E-state index in [0.29, 0.717) is 13.2 Å². The van der Waals surface area contributed by atoms with Crippen molar-refractivity contribution >= 4 is 35.8 Å². The van der Waals surface area contributed by atoms with E-state index in [4.69, 9.17) is 25.8 Å². The zero-order chi connectivity index (χ0) is 20.8. The molecule has 3 aromatic rings. The molecule has 0 aliphatic carbocycles. The summed E-state index contributed by atoms with van der Waals surface area (Å²) < 4.78 is 20.0. The lowest BCUT2D eigenvalue weighted by Crippen LogP contribution is -2.37. The summed E-state index contributed by atoms with van der Waals surface area (Å²) in [6.07, 6.45) is 7.16. The average Bonchev–Trinajstić information content (AvgIpc) is 3.43. The lowest BCUT2D eigenvalue weighted by atomic mass is 10.0. The summed E-state index contributed by atoms with van der Waals surface area (Å²) in [6, 6.07) is 16.0. The van der Waals surface area contributed by atoms with E-state index in [0.717, 1.165) is 29.4 Å².